The summed E-state index contributed by atoms with van der Waals surface area (Å²) in [6.45, 7) is 0. The van der Waals surface area contributed by atoms with Crippen molar-refractivity contribution >= 4 is 21.8 Å². The van der Waals surface area contributed by atoms with Gasteiger partial charge in [-0.15, -0.1) is 0 Å². The fraction of sp³-hybridized carbons (Fsp3) is 0. The SMILES string of the molecule is c1ccc(-n2c3ccncc3c3cc(-c4cc(-c5cccc(-c6cccc(-c7ccncc7)n6)c5)cc(-c5cccc(-c6cccc(-c7ccncc7)n6)c5)c4)ccc32)cc1. The molecular formula is C55H36N6. The van der Waals surface area contributed by atoms with Crippen LogP contribution < -0.4 is 0 Å². The van der Waals surface area contributed by atoms with Crippen LogP contribution in [0.15, 0.2) is 219 Å². The zero-order valence-electron chi connectivity index (χ0n) is 33.0. The molecule has 0 unspecified atom stereocenters. The summed E-state index contributed by atoms with van der Waals surface area (Å²) in [5.74, 6) is 0. The van der Waals surface area contributed by atoms with Crippen molar-refractivity contribution in [3.05, 3.63) is 219 Å². The lowest BCUT2D eigenvalue weighted by molar-refractivity contribution is 1.17. The Labute approximate surface area is 353 Å². The van der Waals surface area contributed by atoms with E-state index in [0.717, 1.165) is 106 Å². The van der Waals surface area contributed by atoms with Gasteiger partial charge in [0, 0.05) is 75.9 Å². The van der Waals surface area contributed by atoms with Gasteiger partial charge in [0.25, 0.3) is 0 Å². The molecule has 286 valence electrons. The quantitative estimate of drug-likeness (QED) is 0.154. The molecule has 0 bridgehead atoms. The van der Waals surface area contributed by atoms with Crippen molar-refractivity contribution in [2.45, 2.75) is 0 Å². The second kappa shape index (κ2) is 15.4. The van der Waals surface area contributed by atoms with Gasteiger partial charge in [-0.25, -0.2) is 9.97 Å². The molecule has 0 aliphatic rings. The molecule has 0 radical (unpaired) electrons. The van der Waals surface area contributed by atoms with E-state index in [-0.39, 0.29) is 0 Å². The highest BCUT2D eigenvalue weighted by molar-refractivity contribution is 6.10. The number of hydrogen-bond acceptors (Lipinski definition) is 5. The first-order chi connectivity index (χ1) is 30.2. The van der Waals surface area contributed by atoms with Gasteiger partial charge in [-0.2, -0.15) is 0 Å². The van der Waals surface area contributed by atoms with Gasteiger partial charge >= 0.3 is 0 Å². The van der Waals surface area contributed by atoms with Gasteiger partial charge in [0.1, 0.15) is 0 Å². The number of nitrogens with zero attached hydrogens (tertiary/aromatic N) is 6. The monoisotopic (exact) mass is 780 g/mol. The normalized spacial score (nSPS) is 11.3. The van der Waals surface area contributed by atoms with E-state index in [4.69, 9.17) is 9.97 Å². The molecule has 11 rings (SSSR count). The maximum absolute atomic E-state index is 5.08. The molecule has 0 fully saturated rings. The number of aromatic nitrogens is 6. The van der Waals surface area contributed by atoms with E-state index in [9.17, 15) is 0 Å². The predicted molar refractivity (Wildman–Crippen MR) is 248 cm³/mol. The Morgan fingerprint density at radius 3 is 1.28 bits per heavy atom. The fourth-order valence-corrected chi connectivity index (χ4v) is 8.30. The minimum Gasteiger partial charge on any atom is -0.309 e. The van der Waals surface area contributed by atoms with Crippen LogP contribution in [0.25, 0.3) is 106 Å². The number of para-hydroxylation sites is 1. The standard InChI is InChI=1S/C55H36N6/c1-2-12-47(13-3-1)61-54-19-18-41(35-48(54)49-36-58-29-24-55(49)61)46-33-44(39-8-4-10-42(30-39)52-16-6-14-50(59-52)37-20-25-56-26-21-37)32-45(34-46)40-9-5-11-43(31-40)53-17-7-15-51(60-53)38-22-27-57-28-23-38/h1-36H. The predicted octanol–water partition coefficient (Wildman–Crippen LogP) is 13.4. The average molecular weight is 781 g/mol. The Bertz CT molecular complexity index is 3220. The highest BCUT2D eigenvalue weighted by Crippen LogP contribution is 2.39. The Kier molecular flexibility index (Phi) is 9.06. The molecule has 0 saturated heterocycles. The Morgan fingerprint density at radius 2 is 0.721 bits per heavy atom. The molecule has 0 aliphatic heterocycles. The summed E-state index contributed by atoms with van der Waals surface area (Å²) in [7, 11) is 0. The van der Waals surface area contributed by atoms with Gasteiger partial charge in [0.05, 0.1) is 33.8 Å². The molecule has 0 atom stereocenters. The maximum atomic E-state index is 5.08. The number of hydrogen-bond donors (Lipinski definition) is 0. The van der Waals surface area contributed by atoms with Crippen LogP contribution in [0, 0.1) is 0 Å². The molecule has 5 aromatic carbocycles. The fourth-order valence-electron chi connectivity index (χ4n) is 8.30. The van der Waals surface area contributed by atoms with Crippen molar-refractivity contribution in [2.24, 2.45) is 0 Å². The van der Waals surface area contributed by atoms with Crippen LogP contribution in [-0.2, 0) is 0 Å². The molecule has 0 spiro atoms. The van der Waals surface area contributed by atoms with Crippen LogP contribution >= 0.6 is 0 Å². The molecule has 6 aromatic heterocycles. The van der Waals surface area contributed by atoms with Crippen molar-refractivity contribution in [1.29, 1.82) is 0 Å². The smallest absolute Gasteiger partial charge is 0.0710 e. The topological polar surface area (TPSA) is 69.4 Å². The third kappa shape index (κ3) is 6.92. The molecule has 11 aromatic rings. The third-order valence-corrected chi connectivity index (χ3v) is 11.3. The zero-order valence-corrected chi connectivity index (χ0v) is 33.0. The van der Waals surface area contributed by atoms with Gasteiger partial charge in [0.2, 0.25) is 0 Å². The summed E-state index contributed by atoms with van der Waals surface area (Å²) in [4.78, 5) is 23.1. The third-order valence-electron chi connectivity index (χ3n) is 11.3. The van der Waals surface area contributed by atoms with E-state index in [1.54, 1.807) is 24.8 Å². The van der Waals surface area contributed by atoms with E-state index >= 15 is 0 Å². The highest BCUT2D eigenvalue weighted by Gasteiger charge is 2.16. The second-order valence-electron chi connectivity index (χ2n) is 15.0. The largest absolute Gasteiger partial charge is 0.309 e. The second-order valence-corrected chi connectivity index (χ2v) is 15.0. The highest BCUT2D eigenvalue weighted by atomic mass is 15.0. The minimum absolute atomic E-state index is 0.912. The molecule has 0 N–H and O–H groups in total. The number of fused-ring (bicyclic) bond motifs is 3. The van der Waals surface area contributed by atoms with Crippen LogP contribution in [0.5, 0.6) is 0 Å². The molecule has 6 nitrogen and oxygen atoms in total. The Hall–Kier alpha value is -8.35. The first-order valence-electron chi connectivity index (χ1n) is 20.3. The van der Waals surface area contributed by atoms with E-state index in [0.29, 0.717) is 0 Å². The molecular weight excluding hydrogens is 745 g/mol. The van der Waals surface area contributed by atoms with Crippen LogP contribution in [0.2, 0.25) is 0 Å². The Balaban J connectivity index is 1.06. The van der Waals surface area contributed by atoms with Gasteiger partial charge in [-0.1, -0.05) is 72.8 Å². The van der Waals surface area contributed by atoms with Crippen molar-refractivity contribution in [3.63, 3.8) is 0 Å². The van der Waals surface area contributed by atoms with E-state index < -0.39 is 0 Å². The minimum atomic E-state index is 0.912. The number of pyridine rings is 5. The average Bonchev–Trinajstić information content (AvgIpc) is 3.68. The van der Waals surface area contributed by atoms with Crippen molar-refractivity contribution in [1.82, 2.24) is 29.5 Å². The lowest BCUT2D eigenvalue weighted by atomic mass is 9.91. The Morgan fingerprint density at radius 1 is 0.279 bits per heavy atom. The van der Waals surface area contributed by atoms with Crippen LogP contribution in [0.4, 0.5) is 0 Å². The lowest BCUT2D eigenvalue weighted by Gasteiger charge is -2.14. The van der Waals surface area contributed by atoms with E-state index in [1.165, 1.54) is 0 Å². The van der Waals surface area contributed by atoms with Gasteiger partial charge in [-0.05, 0) is 143 Å². The first kappa shape index (κ1) is 35.8. The summed E-state index contributed by atoms with van der Waals surface area (Å²) >= 11 is 0. The van der Waals surface area contributed by atoms with Crippen molar-refractivity contribution < 1.29 is 0 Å². The summed E-state index contributed by atoms with van der Waals surface area (Å²) in [6.07, 6.45) is 11.1. The summed E-state index contributed by atoms with van der Waals surface area (Å²) < 4.78 is 2.32. The number of rotatable bonds is 8. The summed E-state index contributed by atoms with van der Waals surface area (Å²) in [5.41, 5.74) is 17.8. The van der Waals surface area contributed by atoms with Gasteiger partial charge in [-0.3, -0.25) is 15.0 Å². The first-order valence-corrected chi connectivity index (χ1v) is 20.3. The van der Waals surface area contributed by atoms with Gasteiger partial charge < -0.3 is 4.57 Å². The molecule has 0 saturated carbocycles. The molecule has 61 heavy (non-hydrogen) atoms. The molecule has 6 heteroatoms. The molecule has 0 aliphatic carbocycles. The maximum Gasteiger partial charge on any atom is 0.0710 e. The number of benzene rings is 5. The zero-order chi connectivity index (χ0) is 40.5. The van der Waals surface area contributed by atoms with Crippen LogP contribution in [0.1, 0.15) is 0 Å². The molecule has 0 amide bonds. The summed E-state index contributed by atoms with van der Waals surface area (Å²) in [5, 5.41) is 2.27. The van der Waals surface area contributed by atoms with E-state index in [2.05, 4.69) is 165 Å². The van der Waals surface area contributed by atoms with Gasteiger partial charge in [0.15, 0.2) is 0 Å². The van der Waals surface area contributed by atoms with E-state index in [1.807, 2.05) is 48.8 Å². The van der Waals surface area contributed by atoms with Crippen molar-refractivity contribution in [3.8, 4) is 84.1 Å². The van der Waals surface area contributed by atoms with Crippen LogP contribution in [0.3, 0.4) is 0 Å². The lowest BCUT2D eigenvalue weighted by Crippen LogP contribution is -1.93. The van der Waals surface area contributed by atoms with Crippen molar-refractivity contribution in [2.75, 3.05) is 0 Å². The summed E-state index contributed by atoms with van der Waals surface area (Å²) in [6, 6.07) is 64.1. The molecule has 6 heterocycles. The van der Waals surface area contributed by atoms with Crippen LogP contribution in [-0.4, -0.2) is 29.5 Å².